The summed E-state index contributed by atoms with van der Waals surface area (Å²) in [6.07, 6.45) is 9.41. The Kier molecular flexibility index (Phi) is 3.81. The highest BCUT2D eigenvalue weighted by Crippen LogP contribution is 2.34. The van der Waals surface area contributed by atoms with Crippen molar-refractivity contribution in [1.82, 2.24) is 20.0 Å². The molecule has 2 aliphatic rings. The molecule has 1 saturated heterocycles. The zero-order valence-corrected chi connectivity index (χ0v) is 13.0. The van der Waals surface area contributed by atoms with E-state index in [4.69, 9.17) is 4.52 Å². The predicted molar refractivity (Wildman–Crippen MR) is 83.3 cm³/mol. The van der Waals surface area contributed by atoms with Crippen molar-refractivity contribution in [2.45, 2.75) is 44.6 Å². The third-order valence-corrected chi connectivity index (χ3v) is 4.68. The summed E-state index contributed by atoms with van der Waals surface area (Å²) in [4.78, 5) is 22.8. The fourth-order valence-corrected chi connectivity index (χ4v) is 3.25. The van der Waals surface area contributed by atoms with Crippen molar-refractivity contribution in [3.05, 3.63) is 30.4 Å². The first kappa shape index (κ1) is 14.4. The van der Waals surface area contributed by atoms with Crippen LogP contribution in [-0.4, -0.2) is 38.5 Å². The highest BCUT2D eigenvalue weighted by Gasteiger charge is 2.38. The van der Waals surface area contributed by atoms with Crippen molar-refractivity contribution in [1.29, 1.82) is 0 Å². The van der Waals surface area contributed by atoms with Crippen LogP contribution < -0.4 is 0 Å². The number of aryl methyl sites for hydroxylation is 1. The van der Waals surface area contributed by atoms with Crippen LogP contribution in [0.2, 0.25) is 0 Å². The Bertz CT molecular complexity index is 681. The molecule has 3 heterocycles. The van der Waals surface area contributed by atoms with E-state index in [-0.39, 0.29) is 0 Å². The molecular weight excluding hydrogens is 292 g/mol. The van der Waals surface area contributed by atoms with Gasteiger partial charge in [-0.05, 0) is 44.2 Å². The molecule has 1 atom stereocenters. The van der Waals surface area contributed by atoms with Crippen LogP contribution in [-0.2, 0) is 11.2 Å². The third kappa shape index (κ3) is 3.11. The lowest BCUT2D eigenvalue weighted by Gasteiger charge is -2.24. The number of aromatic nitrogens is 3. The van der Waals surface area contributed by atoms with Crippen LogP contribution in [0.4, 0.5) is 0 Å². The van der Waals surface area contributed by atoms with E-state index >= 15 is 0 Å². The van der Waals surface area contributed by atoms with Crippen LogP contribution in [0.3, 0.4) is 0 Å². The van der Waals surface area contributed by atoms with E-state index in [0.717, 1.165) is 50.6 Å². The summed E-state index contributed by atoms with van der Waals surface area (Å²) in [6, 6.07) is 4.04. The van der Waals surface area contributed by atoms with E-state index in [1.54, 1.807) is 12.4 Å². The molecule has 0 spiro atoms. The number of carbonyl (C=O) groups excluding carboxylic acids is 1. The highest BCUT2D eigenvalue weighted by molar-refractivity contribution is 5.81. The van der Waals surface area contributed by atoms with Crippen LogP contribution in [0.25, 0.3) is 11.5 Å². The summed E-state index contributed by atoms with van der Waals surface area (Å²) in [7, 11) is 0. The summed E-state index contributed by atoms with van der Waals surface area (Å²) in [6.45, 7) is 0.911. The molecule has 2 aromatic rings. The second-order valence-corrected chi connectivity index (χ2v) is 6.39. The van der Waals surface area contributed by atoms with Crippen molar-refractivity contribution >= 4 is 5.91 Å². The topological polar surface area (TPSA) is 72.1 Å². The van der Waals surface area contributed by atoms with Crippen LogP contribution in [0.5, 0.6) is 0 Å². The van der Waals surface area contributed by atoms with E-state index < -0.39 is 0 Å². The monoisotopic (exact) mass is 312 g/mol. The first-order valence-electron chi connectivity index (χ1n) is 8.35. The SMILES string of the molecule is O=C(C1CC1)N1CCCC1CCc1noc(-c2ccncc2)n1. The molecule has 0 bridgehead atoms. The van der Waals surface area contributed by atoms with Gasteiger partial charge in [-0.25, -0.2) is 0 Å². The highest BCUT2D eigenvalue weighted by atomic mass is 16.5. The molecule has 2 aromatic heterocycles. The van der Waals surface area contributed by atoms with Gasteiger partial charge in [0.15, 0.2) is 5.82 Å². The van der Waals surface area contributed by atoms with E-state index in [0.29, 0.717) is 29.6 Å². The van der Waals surface area contributed by atoms with Crippen molar-refractivity contribution in [3.63, 3.8) is 0 Å². The van der Waals surface area contributed by atoms with Gasteiger partial charge in [0.1, 0.15) is 0 Å². The average Bonchev–Trinajstić information content (AvgIpc) is 3.15. The van der Waals surface area contributed by atoms with E-state index in [2.05, 4.69) is 20.0 Å². The Morgan fingerprint density at radius 2 is 2.09 bits per heavy atom. The molecule has 1 saturated carbocycles. The van der Waals surface area contributed by atoms with Gasteiger partial charge in [0.05, 0.1) is 0 Å². The number of nitrogens with zero attached hydrogens (tertiary/aromatic N) is 4. The number of likely N-dealkylation sites (tertiary alicyclic amines) is 1. The minimum atomic E-state index is 0.305. The van der Waals surface area contributed by atoms with Crippen molar-refractivity contribution in [2.24, 2.45) is 5.92 Å². The molecule has 0 radical (unpaired) electrons. The summed E-state index contributed by atoms with van der Waals surface area (Å²) in [5, 5.41) is 4.06. The fourth-order valence-electron chi connectivity index (χ4n) is 3.25. The smallest absolute Gasteiger partial charge is 0.258 e. The lowest BCUT2D eigenvalue weighted by Crippen LogP contribution is -2.36. The number of carbonyl (C=O) groups is 1. The van der Waals surface area contributed by atoms with Gasteiger partial charge in [-0.2, -0.15) is 4.98 Å². The molecule has 0 aromatic carbocycles. The fraction of sp³-hybridized carbons (Fsp3) is 0.529. The number of hydrogen-bond acceptors (Lipinski definition) is 5. The van der Waals surface area contributed by atoms with E-state index in [9.17, 15) is 4.79 Å². The van der Waals surface area contributed by atoms with Gasteiger partial charge in [0, 0.05) is 42.9 Å². The molecule has 120 valence electrons. The van der Waals surface area contributed by atoms with Crippen LogP contribution in [0.1, 0.15) is 37.9 Å². The maximum absolute atomic E-state index is 12.3. The molecular formula is C17H20N4O2. The van der Waals surface area contributed by atoms with Crippen molar-refractivity contribution in [3.8, 4) is 11.5 Å². The number of amides is 1. The zero-order valence-electron chi connectivity index (χ0n) is 13.0. The van der Waals surface area contributed by atoms with Gasteiger partial charge in [0.2, 0.25) is 5.91 Å². The van der Waals surface area contributed by atoms with Gasteiger partial charge in [-0.1, -0.05) is 5.16 Å². The second kappa shape index (κ2) is 6.10. The molecule has 23 heavy (non-hydrogen) atoms. The summed E-state index contributed by atoms with van der Waals surface area (Å²) in [5.41, 5.74) is 0.880. The largest absolute Gasteiger partial charge is 0.339 e. The number of hydrogen-bond donors (Lipinski definition) is 0. The molecule has 1 amide bonds. The summed E-state index contributed by atoms with van der Waals surface area (Å²) < 4.78 is 5.32. The number of pyridine rings is 1. The Labute approximate surface area is 134 Å². The first-order chi connectivity index (χ1) is 11.3. The zero-order chi connectivity index (χ0) is 15.6. The van der Waals surface area contributed by atoms with Crippen molar-refractivity contribution < 1.29 is 9.32 Å². The standard InChI is InChI=1S/C17H20N4O2/c22-17(13-3-4-13)21-11-1-2-14(21)5-6-15-19-16(23-20-15)12-7-9-18-10-8-12/h7-10,13-14H,1-6,11H2. The Balaban J connectivity index is 1.37. The Morgan fingerprint density at radius 1 is 1.26 bits per heavy atom. The average molecular weight is 312 g/mol. The molecule has 2 fully saturated rings. The molecule has 1 unspecified atom stereocenters. The Hall–Kier alpha value is -2.24. The molecule has 1 aliphatic heterocycles. The lowest BCUT2D eigenvalue weighted by atomic mass is 10.1. The predicted octanol–water partition coefficient (Wildman–Crippen LogP) is 2.47. The second-order valence-electron chi connectivity index (χ2n) is 6.39. The van der Waals surface area contributed by atoms with E-state index in [1.807, 2.05) is 12.1 Å². The number of rotatable bonds is 5. The molecule has 6 nitrogen and oxygen atoms in total. The Morgan fingerprint density at radius 3 is 2.87 bits per heavy atom. The normalized spacial score (nSPS) is 20.9. The molecule has 1 aliphatic carbocycles. The van der Waals surface area contributed by atoms with Gasteiger partial charge in [-0.3, -0.25) is 9.78 Å². The molecule has 6 heteroatoms. The van der Waals surface area contributed by atoms with Gasteiger partial charge in [-0.15, -0.1) is 0 Å². The van der Waals surface area contributed by atoms with Gasteiger partial charge < -0.3 is 9.42 Å². The lowest BCUT2D eigenvalue weighted by molar-refractivity contribution is -0.133. The third-order valence-electron chi connectivity index (χ3n) is 4.68. The minimum Gasteiger partial charge on any atom is -0.339 e. The van der Waals surface area contributed by atoms with Crippen molar-refractivity contribution in [2.75, 3.05) is 6.54 Å². The maximum atomic E-state index is 12.3. The van der Waals surface area contributed by atoms with Gasteiger partial charge >= 0.3 is 0 Å². The van der Waals surface area contributed by atoms with E-state index in [1.165, 1.54) is 0 Å². The quantitative estimate of drug-likeness (QED) is 0.848. The van der Waals surface area contributed by atoms with Crippen LogP contribution >= 0.6 is 0 Å². The first-order valence-corrected chi connectivity index (χ1v) is 8.35. The minimum absolute atomic E-state index is 0.305. The summed E-state index contributed by atoms with van der Waals surface area (Å²) >= 11 is 0. The van der Waals surface area contributed by atoms with Crippen LogP contribution in [0.15, 0.2) is 29.0 Å². The van der Waals surface area contributed by atoms with Crippen LogP contribution in [0, 0.1) is 5.92 Å². The summed E-state index contributed by atoms with van der Waals surface area (Å²) in [5.74, 6) is 1.90. The molecule has 0 N–H and O–H groups in total. The van der Waals surface area contributed by atoms with Gasteiger partial charge in [0.25, 0.3) is 5.89 Å². The maximum Gasteiger partial charge on any atom is 0.258 e. The molecule has 4 rings (SSSR count).